The molecule has 2 unspecified atom stereocenters. The third-order valence-corrected chi connectivity index (χ3v) is 5.32. The van der Waals surface area contributed by atoms with Gasteiger partial charge in [0, 0.05) is 17.0 Å². The molecule has 3 nitrogen and oxygen atoms in total. The van der Waals surface area contributed by atoms with Crippen molar-refractivity contribution in [2.45, 2.75) is 38.5 Å². The fraction of sp³-hybridized carbons (Fsp3) is 1.00. The van der Waals surface area contributed by atoms with Crippen molar-refractivity contribution in [3.8, 4) is 0 Å². The quantitative estimate of drug-likeness (QED) is 0.713. The summed E-state index contributed by atoms with van der Waals surface area (Å²) in [5.74, 6) is 0.484. The molecule has 15 heavy (non-hydrogen) atoms. The number of hydrogen-bond donors (Lipinski definition) is 1. The van der Waals surface area contributed by atoms with E-state index in [1.165, 1.54) is 0 Å². The van der Waals surface area contributed by atoms with Crippen LogP contribution in [0.25, 0.3) is 0 Å². The van der Waals surface area contributed by atoms with Crippen molar-refractivity contribution in [1.29, 1.82) is 0 Å². The van der Waals surface area contributed by atoms with Gasteiger partial charge >= 0.3 is 0 Å². The van der Waals surface area contributed by atoms with E-state index in [9.17, 15) is 8.42 Å². The van der Waals surface area contributed by atoms with Crippen molar-refractivity contribution in [2.75, 3.05) is 24.3 Å². The molecule has 0 amide bonds. The second kappa shape index (κ2) is 7.52. The van der Waals surface area contributed by atoms with Crippen LogP contribution in [0.2, 0.25) is 0 Å². The van der Waals surface area contributed by atoms with E-state index in [1.54, 1.807) is 6.92 Å². The van der Waals surface area contributed by atoms with Gasteiger partial charge in [-0.1, -0.05) is 13.8 Å². The van der Waals surface area contributed by atoms with Gasteiger partial charge in [0.05, 0.1) is 5.75 Å². The average Bonchev–Trinajstić information content (AvgIpc) is 2.16. The van der Waals surface area contributed by atoms with Crippen LogP contribution in [-0.4, -0.2) is 44.0 Å². The Bertz CT molecular complexity index is 252. The van der Waals surface area contributed by atoms with E-state index < -0.39 is 9.84 Å². The Morgan fingerprint density at radius 3 is 2.40 bits per heavy atom. The van der Waals surface area contributed by atoms with Crippen LogP contribution in [0.5, 0.6) is 0 Å². The van der Waals surface area contributed by atoms with E-state index in [0.29, 0.717) is 5.25 Å². The van der Waals surface area contributed by atoms with Gasteiger partial charge in [0.15, 0.2) is 9.84 Å². The summed E-state index contributed by atoms with van der Waals surface area (Å²) < 4.78 is 22.6. The molecule has 0 spiro atoms. The Morgan fingerprint density at radius 2 is 1.93 bits per heavy atom. The van der Waals surface area contributed by atoms with E-state index in [1.807, 2.05) is 18.7 Å². The number of rotatable bonds is 8. The van der Waals surface area contributed by atoms with Crippen LogP contribution < -0.4 is 5.32 Å². The third-order valence-electron chi connectivity index (χ3n) is 2.39. The maximum Gasteiger partial charge on any atom is 0.151 e. The molecule has 0 aliphatic rings. The fourth-order valence-electron chi connectivity index (χ4n) is 1.21. The summed E-state index contributed by atoms with van der Waals surface area (Å²) in [5.41, 5.74) is 0. The lowest BCUT2D eigenvalue weighted by molar-refractivity contribution is 0.549. The zero-order valence-corrected chi connectivity index (χ0v) is 11.7. The molecule has 0 aromatic rings. The van der Waals surface area contributed by atoms with Crippen molar-refractivity contribution in [1.82, 2.24) is 5.32 Å². The first-order valence-electron chi connectivity index (χ1n) is 5.38. The van der Waals surface area contributed by atoms with Crippen molar-refractivity contribution in [3.05, 3.63) is 0 Å². The zero-order valence-electron chi connectivity index (χ0n) is 10.1. The third kappa shape index (κ3) is 8.11. The Hall–Kier alpha value is 0.260. The molecule has 0 aromatic heterocycles. The van der Waals surface area contributed by atoms with Crippen LogP contribution in [0.3, 0.4) is 0 Å². The molecular formula is C10H23NO2S2. The van der Waals surface area contributed by atoms with Crippen LogP contribution in [0.15, 0.2) is 0 Å². The Morgan fingerprint density at radius 1 is 1.33 bits per heavy atom. The van der Waals surface area contributed by atoms with E-state index in [4.69, 9.17) is 0 Å². The van der Waals surface area contributed by atoms with Crippen LogP contribution in [-0.2, 0) is 9.84 Å². The van der Waals surface area contributed by atoms with Gasteiger partial charge in [-0.2, -0.15) is 11.8 Å². The molecule has 0 rings (SSSR count). The lowest BCUT2D eigenvalue weighted by atomic mass is 10.3. The molecule has 0 radical (unpaired) electrons. The summed E-state index contributed by atoms with van der Waals surface area (Å²) >= 11 is 1.84. The van der Waals surface area contributed by atoms with E-state index in [-0.39, 0.29) is 17.5 Å². The standard InChI is InChI=1S/C10H23NO2S2/c1-5-15(12,13)8-9(2)11-7-6-10(3)14-4/h9-11H,5-8H2,1-4H3. The first-order chi connectivity index (χ1) is 6.91. The minimum Gasteiger partial charge on any atom is -0.313 e. The van der Waals surface area contributed by atoms with Gasteiger partial charge in [-0.3, -0.25) is 0 Å². The normalized spacial score (nSPS) is 16.3. The largest absolute Gasteiger partial charge is 0.313 e. The highest BCUT2D eigenvalue weighted by atomic mass is 32.2. The summed E-state index contributed by atoms with van der Waals surface area (Å²) in [5, 5.41) is 3.88. The van der Waals surface area contributed by atoms with Gasteiger partial charge in [-0.15, -0.1) is 0 Å². The van der Waals surface area contributed by atoms with Gasteiger partial charge in [0.1, 0.15) is 0 Å². The molecule has 0 saturated heterocycles. The number of thioether (sulfide) groups is 1. The molecular weight excluding hydrogens is 230 g/mol. The Labute approximate surface area is 98.3 Å². The summed E-state index contributed by atoms with van der Waals surface area (Å²) in [4.78, 5) is 0. The highest BCUT2D eigenvalue weighted by molar-refractivity contribution is 7.99. The molecule has 1 N–H and O–H groups in total. The summed E-state index contributed by atoms with van der Waals surface area (Å²) in [6, 6.07) is 0.0593. The summed E-state index contributed by atoms with van der Waals surface area (Å²) in [7, 11) is -2.84. The lowest BCUT2D eigenvalue weighted by Gasteiger charge is -2.15. The highest BCUT2D eigenvalue weighted by Gasteiger charge is 2.12. The van der Waals surface area contributed by atoms with E-state index >= 15 is 0 Å². The predicted molar refractivity (Wildman–Crippen MR) is 69.4 cm³/mol. The topological polar surface area (TPSA) is 46.2 Å². The monoisotopic (exact) mass is 253 g/mol. The smallest absolute Gasteiger partial charge is 0.151 e. The van der Waals surface area contributed by atoms with Crippen molar-refractivity contribution in [3.63, 3.8) is 0 Å². The van der Waals surface area contributed by atoms with E-state index in [0.717, 1.165) is 13.0 Å². The number of hydrogen-bond acceptors (Lipinski definition) is 4. The Balaban J connectivity index is 3.71. The SMILES string of the molecule is CCS(=O)(=O)CC(C)NCCC(C)SC. The first-order valence-corrected chi connectivity index (χ1v) is 8.48. The predicted octanol–water partition coefficient (Wildman–Crippen LogP) is 1.54. The van der Waals surface area contributed by atoms with E-state index in [2.05, 4.69) is 18.5 Å². The molecule has 0 saturated carbocycles. The molecule has 0 aliphatic heterocycles. The highest BCUT2D eigenvalue weighted by Crippen LogP contribution is 2.08. The average molecular weight is 253 g/mol. The van der Waals surface area contributed by atoms with Crippen molar-refractivity contribution < 1.29 is 8.42 Å². The molecule has 0 heterocycles. The summed E-state index contributed by atoms with van der Waals surface area (Å²) in [6.07, 6.45) is 3.17. The molecule has 5 heteroatoms. The van der Waals surface area contributed by atoms with Crippen LogP contribution in [0.4, 0.5) is 0 Å². The minimum atomic E-state index is -2.84. The van der Waals surface area contributed by atoms with Gasteiger partial charge < -0.3 is 5.32 Å². The molecule has 92 valence electrons. The molecule has 0 aromatic carbocycles. The van der Waals surface area contributed by atoms with Crippen LogP contribution in [0.1, 0.15) is 27.2 Å². The Kier molecular flexibility index (Phi) is 7.65. The molecule has 0 aliphatic carbocycles. The zero-order chi connectivity index (χ0) is 11.9. The maximum absolute atomic E-state index is 11.3. The lowest BCUT2D eigenvalue weighted by Crippen LogP contribution is -2.34. The first kappa shape index (κ1) is 15.3. The van der Waals surface area contributed by atoms with Gasteiger partial charge in [0.2, 0.25) is 0 Å². The van der Waals surface area contributed by atoms with Gasteiger partial charge in [0.25, 0.3) is 0 Å². The second-order valence-corrected chi connectivity index (χ2v) is 7.56. The van der Waals surface area contributed by atoms with Crippen molar-refractivity contribution >= 4 is 21.6 Å². The van der Waals surface area contributed by atoms with Crippen LogP contribution >= 0.6 is 11.8 Å². The van der Waals surface area contributed by atoms with Gasteiger partial charge in [-0.05, 0) is 26.1 Å². The molecule has 0 bridgehead atoms. The number of nitrogens with one attached hydrogen (secondary N) is 1. The van der Waals surface area contributed by atoms with Crippen LogP contribution in [0, 0.1) is 0 Å². The second-order valence-electron chi connectivity index (χ2n) is 3.89. The maximum atomic E-state index is 11.3. The summed E-state index contributed by atoms with van der Waals surface area (Å²) in [6.45, 7) is 6.69. The fourth-order valence-corrected chi connectivity index (χ4v) is 2.68. The van der Waals surface area contributed by atoms with Gasteiger partial charge in [-0.25, -0.2) is 8.42 Å². The molecule has 0 fully saturated rings. The molecule has 2 atom stereocenters. The number of sulfone groups is 1. The van der Waals surface area contributed by atoms with Crippen molar-refractivity contribution in [2.24, 2.45) is 0 Å². The minimum absolute atomic E-state index is 0.0593.